The summed E-state index contributed by atoms with van der Waals surface area (Å²) in [5.74, 6) is -1.17. The van der Waals surface area contributed by atoms with Crippen LogP contribution in [0.15, 0.2) is 66.9 Å². The van der Waals surface area contributed by atoms with Gasteiger partial charge in [0.2, 0.25) is 5.91 Å². The van der Waals surface area contributed by atoms with Gasteiger partial charge >= 0.3 is 18.2 Å². The van der Waals surface area contributed by atoms with Crippen LogP contribution in [0.25, 0.3) is 11.1 Å². The van der Waals surface area contributed by atoms with E-state index in [1.54, 1.807) is 24.3 Å². The number of anilines is 1. The predicted octanol–water partition coefficient (Wildman–Crippen LogP) is 4.78. The van der Waals surface area contributed by atoms with Crippen LogP contribution in [0.2, 0.25) is 0 Å². The van der Waals surface area contributed by atoms with Crippen molar-refractivity contribution in [2.24, 2.45) is 0 Å². The first-order valence-corrected chi connectivity index (χ1v) is 11.4. The lowest BCUT2D eigenvalue weighted by molar-refractivity contribution is -0.137. The average molecular weight is 512 g/mol. The number of carboxylic acids is 1. The summed E-state index contributed by atoms with van der Waals surface area (Å²) in [5.41, 5.74) is 1.21. The number of carbonyl (C=O) groups is 3. The number of hydrogen-bond donors (Lipinski definition) is 3. The van der Waals surface area contributed by atoms with Crippen LogP contribution in [-0.4, -0.2) is 45.5 Å². The summed E-state index contributed by atoms with van der Waals surface area (Å²) in [5, 5.41) is 14.5. The van der Waals surface area contributed by atoms with Gasteiger partial charge in [-0.3, -0.25) is 4.79 Å². The maximum atomic E-state index is 12.9. The van der Waals surface area contributed by atoms with Gasteiger partial charge in [0.05, 0.1) is 11.1 Å². The van der Waals surface area contributed by atoms with Gasteiger partial charge in [-0.05, 0) is 60.4 Å². The van der Waals surface area contributed by atoms with Gasteiger partial charge in [0, 0.05) is 24.8 Å². The second-order valence-corrected chi connectivity index (χ2v) is 8.51. The Morgan fingerprint density at radius 2 is 1.78 bits per heavy atom. The van der Waals surface area contributed by atoms with Crippen LogP contribution in [-0.2, 0) is 17.5 Å². The molecule has 0 bridgehead atoms. The van der Waals surface area contributed by atoms with Crippen molar-refractivity contribution in [1.29, 1.82) is 0 Å². The SMILES string of the molecule is O=C(O)c1cccc(-c2ccc(NC(=O)[C@H]3CCCN3C(=O)NCc3ccc(C(F)(F)F)cc3)nc2)c1. The standard InChI is InChI=1S/C26H23F3N4O4/c27-26(28,29)20-9-6-16(7-10-20)14-31-25(37)33-12-2-5-21(33)23(34)32-22-11-8-19(15-30-22)17-3-1-4-18(13-17)24(35)36/h1,3-4,6-11,13,15,21H,2,5,12,14H2,(H,31,37)(H,35,36)(H,30,32,34)/t21-/m1/s1. The van der Waals surface area contributed by atoms with Crippen LogP contribution in [0.1, 0.15) is 34.3 Å². The Hall–Kier alpha value is -4.41. The molecule has 37 heavy (non-hydrogen) atoms. The van der Waals surface area contributed by atoms with E-state index in [2.05, 4.69) is 15.6 Å². The number of alkyl halides is 3. The van der Waals surface area contributed by atoms with Gasteiger partial charge in [0.15, 0.2) is 0 Å². The molecule has 192 valence electrons. The van der Waals surface area contributed by atoms with Gasteiger partial charge in [0.1, 0.15) is 11.9 Å². The van der Waals surface area contributed by atoms with Gasteiger partial charge in [0.25, 0.3) is 0 Å². The summed E-state index contributed by atoms with van der Waals surface area (Å²) >= 11 is 0. The number of halogens is 3. The Morgan fingerprint density at radius 1 is 1.03 bits per heavy atom. The molecule has 0 aliphatic carbocycles. The molecule has 4 rings (SSSR count). The fraction of sp³-hybridized carbons (Fsp3) is 0.231. The molecule has 1 aromatic heterocycles. The molecule has 1 saturated heterocycles. The topological polar surface area (TPSA) is 112 Å². The third-order valence-corrected chi connectivity index (χ3v) is 6.00. The quantitative estimate of drug-likeness (QED) is 0.440. The Bertz CT molecular complexity index is 1290. The van der Waals surface area contributed by atoms with E-state index in [0.717, 1.165) is 12.1 Å². The molecule has 3 amide bonds. The number of amides is 3. The molecule has 2 aromatic carbocycles. The minimum atomic E-state index is -4.43. The normalized spacial score (nSPS) is 15.3. The van der Waals surface area contributed by atoms with Crippen LogP contribution in [0, 0.1) is 0 Å². The number of urea groups is 1. The number of pyridine rings is 1. The van der Waals surface area contributed by atoms with E-state index < -0.39 is 35.7 Å². The number of carboxylic acid groups (broad SMARTS) is 1. The van der Waals surface area contributed by atoms with Crippen molar-refractivity contribution in [3.63, 3.8) is 0 Å². The molecular formula is C26H23F3N4O4. The number of aromatic nitrogens is 1. The zero-order valence-electron chi connectivity index (χ0n) is 19.5. The predicted molar refractivity (Wildman–Crippen MR) is 129 cm³/mol. The number of benzene rings is 2. The molecule has 11 heteroatoms. The van der Waals surface area contributed by atoms with Gasteiger partial charge < -0.3 is 20.6 Å². The van der Waals surface area contributed by atoms with E-state index in [1.807, 2.05) is 0 Å². The van der Waals surface area contributed by atoms with E-state index in [4.69, 9.17) is 5.11 Å². The molecule has 2 heterocycles. The lowest BCUT2D eigenvalue weighted by Crippen LogP contribution is -2.47. The molecule has 0 saturated carbocycles. The van der Waals surface area contributed by atoms with E-state index in [-0.39, 0.29) is 17.9 Å². The zero-order chi connectivity index (χ0) is 26.6. The van der Waals surface area contributed by atoms with Crippen molar-refractivity contribution in [1.82, 2.24) is 15.2 Å². The highest BCUT2D eigenvalue weighted by Gasteiger charge is 2.34. The number of carbonyl (C=O) groups excluding carboxylic acids is 2. The summed E-state index contributed by atoms with van der Waals surface area (Å²) in [6.07, 6.45) is -1.84. The van der Waals surface area contributed by atoms with Crippen molar-refractivity contribution in [3.8, 4) is 11.1 Å². The van der Waals surface area contributed by atoms with Crippen molar-refractivity contribution in [3.05, 3.63) is 83.6 Å². The maximum absolute atomic E-state index is 12.9. The smallest absolute Gasteiger partial charge is 0.416 e. The van der Waals surface area contributed by atoms with E-state index in [1.165, 1.54) is 35.4 Å². The summed E-state index contributed by atoms with van der Waals surface area (Å²) < 4.78 is 38.1. The number of nitrogens with zero attached hydrogens (tertiary/aromatic N) is 2. The van der Waals surface area contributed by atoms with Crippen molar-refractivity contribution in [2.75, 3.05) is 11.9 Å². The molecule has 0 unspecified atom stereocenters. The number of hydrogen-bond acceptors (Lipinski definition) is 4. The summed E-state index contributed by atoms with van der Waals surface area (Å²) in [6, 6.07) is 13.0. The van der Waals surface area contributed by atoms with Gasteiger partial charge in [-0.25, -0.2) is 14.6 Å². The summed E-state index contributed by atoms with van der Waals surface area (Å²) in [4.78, 5) is 42.4. The lowest BCUT2D eigenvalue weighted by Gasteiger charge is -2.24. The lowest BCUT2D eigenvalue weighted by atomic mass is 10.0. The van der Waals surface area contributed by atoms with Crippen LogP contribution in [0.5, 0.6) is 0 Å². The minimum absolute atomic E-state index is 0.0217. The number of rotatable bonds is 6. The van der Waals surface area contributed by atoms with Gasteiger partial charge in [-0.1, -0.05) is 24.3 Å². The van der Waals surface area contributed by atoms with Crippen LogP contribution in [0.4, 0.5) is 23.8 Å². The molecule has 3 aromatic rings. The maximum Gasteiger partial charge on any atom is 0.416 e. The van der Waals surface area contributed by atoms with Crippen LogP contribution in [0.3, 0.4) is 0 Å². The Kier molecular flexibility index (Phi) is 7.42. The first kappa shape index (κ1) is 25.7. The molecule has 3 N–H and O–H groups in total. The zero-order valence-corrected chi connectivity index (χ0v) is 19.5. The van der Waals surface area contributed by atoms with E-state index >= 15 is 0 Å². The summed E-state index contributed by atoms with van der Waals surface area (Å²) in [6.45, 7) is 0.386. The highest BCUT2D eigenvalue weighted by Crippen LogP contribution is 2.29. The van der Waals surface area contributed by atoms with Crippen LogP contribution < -0.4 is 10.6 Å². The molecule has 0 spiro atoms. The van der Waals surface area contributed by atoms with Crippen molar-refractivity contribution in [2.45, 2.75) is 31.6 Å². The Balaban J connectivity index is 1.34. The molecule has 1 fully saturated rings. The highest BCUT2D eigenvalue weighted by atomic mass is 19.4. The van der Waals surface area contributed by atoms with E-state index in [9.17, 15) is 27.6 Å². The highest BCUT2D eigenvalue weighted by molar-refractivity contribution is 5.97. The Morgan fingerprint density at radius 3 is 2.43 bits per heavy atom. The molecule has 8 nitrogen and oxygen atoms in total. The minimum Gasteiger partial charge on any atom is -0.478 e. The molecule has 0 radical (unpaired) electrons. The van der Waals surface area contributed by atoms with Gasteiger partial charge in [-0.2, -0.15) is 13.2 Å². The third-order valence-electron chi connectivity index (χ3n) is 6.00. The second-order valence-electron chi connectivity index (χ2n) is 8.51. The molecule has 1 atom stereocenters. The largest absolute Gasteiger partial charge is 0.478 e. The number of likely N-dealkylation sites (tertiary alicyclic amines) is 1. The number of nitrogens with one attached hydrogen (secondary N) is 2. The first-order valence-electron chi connectivity index (χ1n) is 11.4. The summed E-state index contributed by atoms with van der Waals surface area (Å²) in [7, 11) is 0. The molecule has 1 aliphatic heterocycles. The van der Waals surface area contributed by atoms with Crippen molar-refractivity contribution >= 4 is 23.7 Å². The number of aromatic carboxylic acids is 1. The third kappa shape index (κ3) is 6.24. The first-order chi connectivity index (χ1) is 17.6. The average Bonchev–Trinajstić information content (AvgIpc) is 3.38. The van der Waals surface area contributed by atoms with Crippen LogP contribution >= 0.6 is 0 Å². The second kappa shape index (κ2) is 10.7. The molecule has 1 aliphatic rings. The Labute approximate surface area is 210 Å². The fourth-order valence-electron chi connectivity index (χ4n) is 4.05. The van der Waals surface area contributed by atoms with Gasteiger partial charge in [-0.15, -0.1) is 0 Å². The fourth-order valence-corrected chi connectivity index (χ4v) is 4.05. The molecular weight excluding hydrogens is 489 g/mol. The van der Waals surface area contributed by atoms with E-state index in [0.29, 0.717) is 36.1 Å². The monoisotopic (exact) mass is 512 g/mol. The van der Waals surface area contributed by atoms with Crippen molar-refractivity contribution < 1.29 is 32.7 Å².